The lowest BCUT2D eigenvalue weighted by atomic mass is 10.4. The third-order valence-corrected chi connectivity index (χ3v) is 2.21. The number of rotatable bonds is 1. The van der Waals surface area contributed by atoms with Gasteiger partial charge in [-0.2, -0.15) is 10.0 Å². The molecule has 0 aromatic carbocycles. The summed E-state index contributed by atoms with van der Waals surface area (Å²) in [5.74, 6) is 0. The van der Waals surface area contributed by atoms with E-state index in [0.29, 0.717) is 6.54 Å². The van der Waals surface area contributed by atoms with Gasteiger partial charge in [-0.05, 0) is 13.8 Å². The van der Waals surface area contributed by atoms with E-state index in [1.54, 1.807) is 6.92 Å². The van der Waals surface area contributed by atoms with Crippen molar-refractivity contribution in [2.45, 2.75) is 20.0 Å². The molecule has 7 nitrogen and oxygen atoms in total. The number of hydrogen-bond donors (Lipinski definition) is 0. The normalized spacial score (nSPS) is 17.3. The fraction of sp³-hybridized carbons (Fsp3) is 0.750. The molecule has 0 aromatic heterocycles. The smallest absolute Gasteiger partial charge is 0.427 e. The van der Waals surface area contributed by atoms with Crippen LogP contribution in [0.25, 0.3) is 0 Å². The van der Waals surface area contributed by atoms with Crippen LogP contribution in [0.1, 0.15) is 13.8 Å². The van der Waals surface area contributed by atoms with Crippen LogP contribution in [0, 0.1) is 0 Å². The number of hydrogen-bond acceptors (Lipinski definition) is 5. The highest BCUT2D eigenvalue weighted by Gasteiger charge is 2.48. The molecule has 0 unspecified atom stereocenters. The fourth-order valence-corrected chi connectivity index (χ4v) is 1.53. The Morgan fingerprint density at radius 1 is 1.13 bits per heavy atom. The van der Waals surface area contributed by atoms with E-state index in [2.05, 4.69) is 9.47 Å². The molecule has 1 rings (SSSR count). The first kappa shape index (κ1) is 11.6. The van der Waals surface area contributed by atoms with Gasteiger partial charge in [0.05, 0.1) is 14.2 Å². The number of carbonyl (C=O) groups excluding carboxylic acids is 2. The average Bonchev–Trinajstić information content (AvgIpc) is 2.24. The van der Waals surface area contributed by atoms with E-state index < -0.39 is 12.2 Å². The maximum Gasteiger partial charge on any atom is 0.427 e. The first-order valence-electron chi connectivity index (χ1n) is 4.60. The molecule has 1 aliphatic heterocycles. The highest BCUT2D eigenvalue weighted by atomic mass is 16.6. The molecule has 1 heterocycles. The second kappa shape index (κ2) is 4.35. The number of nitrogens with zero attached hydrogens (tertiary/aromatic N) is 3. The predicted molar refractivity (Wildman–Crippen MR) is 50.3 cm³/mol. The molecule has 0 N–H and O–H groups in total. The van der Waals surface area contributed by atoms with Gasteiger partial charge >= 0.3 is 12.2 Å². The maximum atomic E-state index is 11.3. The van der Waals surface area contributed by atoms with Crippen molar-refractivity contribution in [1.29, 1.82) is 0 Å². The summed E-state index contributed by atoms with van der Waals surface area (Å²) in [4.78, 5) is 22.6. The molecule has 0 aliphatic carbocycles. The monoisotopic (exact) mass is 217 g/mol. The summed E-state index contributed by atoms with van der Waals surface area (Å²) >= 11 is 0. The molecule has 0 spiro atoms. The number of methoxy groups -OCH3 is 2. The van der Waals surface area contributed by atoms with Gasteiger partial charge < -0.3 is 9.47 Å². The summed E-state index contributed by atoms with van der Waals surface area (Å²) in [5.41, 5.74) is 0. The van der Waals surface area contributed by atoms with Crippen molar-refractivity contribution >= 4 is 12.2 Å². The Morgan fingerprint density at radius 3 is 1.80 bits per heavy atom. The van der Waals surface area contributed by atoms with Gasteiger partial charge in [0.15, 0.2) is 0 Å². The fourth-order valence-electron chi connectivity index (χ4n) is 1.53. The predicted octanol–water partition coefficient (Wildman–Crippen LogP) is 0.635. The molecule has 0 atom stereocenters. The molecule has 15 heavy (non-hydrogen) atoms. The van der Waals surface area contributed by atoms with Crippen molar-refractivity contribution in [1.82, 2.24) is 15.1 Å². The quantitative estimate of drug-likeness (QED) is 0.644. The van der Waals surface area contributed by atoms with Crippen molar-refractivity contribution in [3.05, 3.63) is 0 Å². The van der Waals surface area contributed by atoms with Crippen LogP contribution < -0.4 is 0 Å². The molecule has 0 bridgehead atoms. The average molecular weight is 217 g/mol. The minimum atomic E-state index is -0.496. The largest absolute Gasteiger partial charge is 0.452 e. The highest BCUT2D eigenvalue weighted by molar-refractivity contribution is 5.73. The molecule has 2 amide bonds. The lowest BCUT2D eigenvalue weighted by Crippen LogP contribution is -2.76. The third kappa shape index (κ3) is 1.70. The van der Waals surface area contributed by atoms with E-state index in [1.807, 2.05) is 6.92 Å². The van der Waals surface area contributed by atoms with Gasteiger partial charge in [0.2, 0.25) is 0 Å². The van der Waals surface area contributed by atoms with Crippen LogP contribution in [-0.4, -0.2) is 54.3 Å². The zero-order valence-electron chi connectivity index (χ0n) is 9.26. The molecule has 7 heteroatoms. The van der Waals surface area contributed by atoms with Crippen LogP contribution in [0.5, 0.6) is 0 Å². The van der Waals surface area contributed by atoms with Crippen molar-refractivity contribution in [3.63, 3.8) is 0 Å². The van der Waals surface area contributed by atoms with E-state index in [9.17, 15) is 9.59 Å². The summed E-state index contributed by atoms with van der Waals surface area (Å²) in [7, 11) is 2.59. The summed E-state index contributed by atoms with van der Waals surface area (Å²) in [6.07, 6.45) is -1.38. The Kier molecular flexibility index (Phi) is 3.35. The Bertz CT molecular complexity index is 247. The topological polar surface area (TPSA) is 62.3 Å². The van der Waals surface area contributed by atoms with Crippen LogP contribution >= 0.6 is 0 Å². The molecular weight excluding hydrogens is 202 g/mol. The van der Waals surface area contributed by atoms with Crippen molar-refractivity contribution in [3.8, 4) is 0 Å². The zero-order chi connectivity index (χ0) is 11.6. The standard InChI is InChI=1S/C8H15N3O4/c1-5-9-10(7(12)14-3)6(2)11(9)8(13)15-4/h6H,5H2,1-4H3. The lowest BCUT2D eigenvalue weighted by Gasteiger charge is -2.54. The van der Waals surface area contributed by atoms with Gasteiger partial charge in [0.25, 0.3) is 0 Å². The minimum Gasteiger partial charge on any atom is -0.452 e. The molecule has 0 aromatic rings. The van der Waals surface area contributed by atoms with E-state index in [0.717, 1.165) is 0 Å². The second-order valence-corrected chi connectivity index (χ2v) is 2.95. The van der Waals surface area contributed by atoms with E-state index in [4.69, 9.17) is 0 Å². The summed E-state index contributed by atoms with van der Waals surface area (Å²) in [6.45, 7) is 4.01. The van der Waals surface area contributed by atoms with Crippen molar-refractivity contribution in [2.24, 2.45) is 0 Å². The van der Waals surface area contributed by atoms with Crippen LogP contribution in [-0.2, 0) is 9.47 Å². The van der Waals surface area contributed by atoms with Gasteiger partial charge in [-0.25, -0.2) is 9.59 Å². The third-order valence-electron chi connectivity index (χ3n) is 2.21. The van der Waals surface area contributed by atoms with E-state index >= 15 is 0 Å². The van der Waals surface area contributed by atoms with Crippen LogP contribution in [0.4, 0.5) is 9.59 Å². The Hall–Kier alpha value is -1.50. The van der Waals surface area contributed by atoms with E-state index in [-0.39, 0.29) is 6.17 Å². The number of hydrazine groups is 2. The van der Waals surface area contributed by atoms with Crippen LogP contribution in [0.3, 0.4) is 0 Å². The maximum absolute atomic E-state index is 11.3. The zero-order valence-corrected chi connectivity index (χ0v) is 9.26. The SMILES string of the molecule is CCN1N(C(=O)OC)C(C)N1C(=O)OC. The van der Waals surface area contributed by atoms with Crippen LogP contribution in [0.15, 0.2) is 0 Å². The summed E-state index contributed by atoms with van der Waals surface area (Å²) in [6, 6.07) is 0. The Labute approximate surface area is 88.1 Å². The highest BCUT2D eigenvalue weighted by Crippen LogP contribution is 2.25. The molecule has 0 radical (unpaired) electrons. The minimum absolute atomic E-state index is 0.384. The summed E-state index contributed by atoms with van der Waals surface area (Å²) in [5, 5.41) is 4.15. The lowest BCUT2D eigenvalue weighted by molar-refractivity contribution is -0.305. The number of carbonyl (C=O) groups is 2. The van der Waals surface area contributed by atoms with Gasteiger partial charge in [-0.15, -0.1) is 5.12 Å². The van der Waals surface area contributed by atoms with Crippen LogP contribution in [0.2, 0.25) is 0 Å². The molecule has 0 saturated carbocycles. The van der Waals surface area contributed by atoms with Gasteiger partial charge in [0, 0.05) is 6.54 Å². The number of amides is 2. The second-order valence-electron chi connectivity index (χ2n) is 2.95. The van der Waals surface area contributed by atoms with Crippen molar-refractivity contribution in [2.75, 3.05) is 20.8 Å². The Morgan fingerprint density at radius 2 is 1.53 bits per heavy atom. The van der Waals surface area contributed by atoms with Gasteiger partial charge in [-0.1, -0.05) is 0 Å². The first-order valence-corrected chi connectivity index (χ1v) is 4.60. The van der Waals surface area contributed by atoms with E-state index in [1.165, 1.54) is 29.4 Å². The molecule has 1 saturated heterocycles. The van der Waals surface area contributed by atoms with Crippen molar-refractivity contribution < 1.29 is 19.1 Å². The number of ether oxygens (including phenoxy) is 2. The molecule has 1 fully saturated rings. The Balaban J connectivity index is 2.74. The van der Waals surface area contributed by atoms with Gasteiger partial charge in [0.1, 0.15) is 6.17 Å². The molecule has 86 valence electrons. The molecular formula is C8H15N3O4. The first-order chi connectivity index (χ1) is 7.08. The molecule has 1 aliphatic rings. The summed E-state index contributed by atoms with van der Waals surface area (Å²) < 4.78 is 9.17. The van der Waals surface area contributed by atoms with Gasteiger partial charge in [-0.3, -0.25) is 0 Å².